The molecule has 0 bridgehead atoms. The van der Waals surface area contributed by atoms with Gasteiger partial charge in [0.05, 0.1) is 0 Å². The van der Waals surface area contributed by atoms with Crippen LogP contribution in [0.2, 0.25) is 0 Å². The lowest BCUT2D eigenvalue weighted by Gasteiger charge is -1.70. The van der Waals surface area contributed by atoms with Crippen molar-refractivity contribution in [2.24, 2.45) is 0 Å². The van der Waals surface area contributed by atoms with Gasteiger partial charge in [0, 0.05) is 0 Å². The van der Waals surface area contributed by atoms with Gasteiger partial charge in [-0.05, 0) is 0 Å². The average Bonchev–Trinajstić information content (AvgIpc) is 1.37. The summed E-state index contributed by atoms with van der Waals surface area (Å²) in [5.74, 6) is 0. The fraction of sp³-hybridized carbons (Fsp3) is 0. The van der Waals surface area contributed by atoms with Gasteiger partial charge in [0.1, 0.15) is 23.0 Å². The maximum absolute atomic E-state index is 4.43. The van der Waals surface area contributed by atoms with Gasteiger partial charge in [-0.25, -0.2) is 0 Å². The Bertz CT molecular complexity index is 10.0. The van der Waals surface area contributed by atoms with Gasteiger partial charge in [-0.1, -0.05) is 11.9 Å². The van der Waals surface area contributed by atoms with Crippen LogP contribution in [0.15, 0.2) is 0 Å². The van der Waals surface area contributed by atoms with Crippen LogP contribution in [-0.2, 0) is 2.51 Å². The third-order valence-electron chi connectivity index (χ3n) is 0.0630. The predicted octanol–water partition coefficient (Wildman–Crippen LogP) is 0.549. The highest BCUT2D eigenvalue weighted by molar-refractivity contribution is 14.1. The van der Waals surface area contributed by atoms with Crippen LogP contribution in [0, 0.1) is 0 Å². The van der Waals surface area contributed by atoms with Crippen molar-refractivity contribution in [1.29, 1.82) is 0 Å². The molecule has 0 saturated heterocycles. The normalized spacial score (nSPS) is 7.25. The summed E-state index contributed by atoms with van der Waals surface area (Å²) < 4.78 is 4.43. The van der Waals surface area contributed by atoms with Crippen molar-refractivity contribution < 1.29 is 2.51 Å². The smallest absolute Gasteiger partial charge is 0.211 e. The lowest BCUT2D eigenvalue weighted by molar-refractivity contribution is 0.856. The molecule has 0 aliphatic heterocycles. The first-order valence-corrected chi connectivity index (χ1v) is 2.76. The molecule has 0 unspecified atom stereocenters. The zero-order chi connectivity index (χ0) is 3.41. The number of rotatable bonds is 1. The van der Waals surface area contributed by atoms with E-state index in [0.29, 0.717) is 0 Å². The summed E-state index contributed by atoms with van der Waals surface area (Å²) in [4.78, 5) is 0. The van der Waals surface area contributed by atoms with Gasteiger partial charge in [0.15, 0.2) is 0 Å². The van der Waals surface area contributed by atoms with Crippen molar-refractivity contribution >= 4 is 42.0 Å². The summed E-state index contributed by atoms with van der Waals surface area (Å²) in [6.45, 7) is 0. The number of hydrogen-bond donors (Lipinski definition) is 0. The van der Waals surface area contributed by atoms with E-state index in [0.717, 1.165) is 0 Å². The largest absolute Gasteiger partial charge is 0.260 e. The monoisotopic (exact) mass is 188 g/mol. The standard InChI is InChI=1S/BH2IOS/c1-4-3-2/h1H2. The lowest BCUT2D eigenvalue weighted by atomic mass is 10.8. The molecule has 0 saturated carbocycles. The molecule has 24 valence electrons. The minimum Gasteiger partial charge on any atom is -0.260 e. The Morgan fingerprint density at radius 1 is 2.00 bits per heavy atom. The van der Waals surface area contributed by atoms with Crippen LogP contribution in [0.25, 0.3) is 0 Å². The van der Waals surface area contributed by atoms with Crippen molar-refractivity contribution in [3.8, 4) is 0 Å². The van der Waals surface area contributed by atoms with Crippen molar-refractivity contribution in [2.75, 3.05) is 0 Å². The van der Waals surface area contributed by atoms with E-state index in [4.69, 9.17) is 0 Å². The first-order valence-electron chi connectivity index (χ1n) is 0.729. The molecule has 1 nitrogen and oxygen atoms in total. The van der Waals surface area contributed by atoms with Crippen molar-refractivity contribution in [1.82, 2.24) is 0 Å². The molecule has 0 rings (SSSR count). The Kier molecular flexibility index (Phi) is 5.24. The summed E-state index contributed by atoms with van der Waals surface area (Å²) in [5.41, 5.74) is 0. The molecule has 0 aromatic carbocycles. The molecule has 0 heterocycles. The summed E-state index contributed by atoms with van der Waals surface area (Å²) in [7, 11) is 1.87. The zero-order valence-corrected chi connectivity index (χ0v) is 5.17. The second kappa shape index (κ2) is 4.10. The third kappa shape index (κ3) is 3.10. The first kappa shape index (κ1) is 5.10. The van der Waals surface area contributed by atoms with Crippen LogP contribution < -0.4 is 0 Å². The van der Waals surface area contributed by atoms with Gasteiger partial charge in [-0.2, -0.15) is 0 Å². The average molecular weight is 188 g/mol. The van der Waals surface area contributed by atoms with Crippen molar-refractivity contribution in [3.05, 3.63) is 0 Å². The lowest BCUT2D eigenvalue weighted by Crippen LogP contribution is -1.41. The predicted molar refractivity (Wildman–Crippen MR) is 31.2 cm³/mol. The van der Waals surface area contributed by atoms with E-state index in [1.54, 1.807) is 0 Å². The summed E-state index contributed by atoms with van der Waals surface area (Å²) in [6, 6.07) is 0. The maximum atomic E-state index is 4.43. The highest BCUT2D eigenvalue weighted by Gasteiger charge is 1.57. The molecule has 0 fully saturated rings. The molecular weight excluding hydrogens is 186 g/mol. The van der Waals surface area contributed by atoms with Gasteiger partial charge in [0.2, 0.25) is 7.12 Å². The Hall–Kier alpha value is 1.10. The highest BCUT2D eigenvalue weighted by atomic mass is 127. The Morgan fingerprint density at radius 3 is 2.25 bits per heavy atom. The maximum Gasteiger partial charge on any atom is 0.211 e. The zero-order valence-electron chi connectivity index (χ0n) is 2.19. The Morgan fingerprint density at radius 2 is 2.25 bits per heavy atom. The number of halogens is 1. The molecule has 4 heavy (non-hydrogen) atoms. The van der Waals surface area contributed by atoms with Gasteiger partial charge in [-0.3, -0.25) is 2.51 Å². The quantitative estimate of drug-likeness (QED) is 0.337. The van der Waals surface area contributed by atoms with Crippen LogP contribution in [0.3, 0.4) is 0 Å². The number of hydrogen-bond acceptors (Lipinski definition) is 2. The fourth-order valence-electron chi connectivity index (χ4n) is 0. The van der Waals surface area contributed by atoms with Crippen LogP contribution >= 0.6 is 34.9 Å². The van der Waals surface area contributed by atoms with Gasteiger partial charge in [-0.15, -0.1) is 0 Å². The molecule has 0 spiro atoms. The molecule has 0 aliphatic rings. The second-order valence-corrected chi connectivity index (χ2v) is 1.77. The van der Waals surface area contributed by atoms with Crippen molar-refractivity contribution in [3.63, 3.8) is 0 Å². The van der Waals surface area contributed by atoms with Crippen LogP contribution in [-0.4, -0.2) is 7.12 Å². The molecule has 0 N–H and O–H groups in total. The first-order chi connectivity index (χ1) is 1.91. The van der Waals surface area contributed by atoms with E-state index in [-0.39, 0.29) is 0 Å². The van der Waals surface area contributed by atoms with Gasteiger partial charge >= 0.3 is 0 Å². The van der Waals surface area contributed by atoms with Crippen LogP contribution in [0.1, 0.15) is 0 Å². The van der Waals surface area contributed by atoms with E-state index >= 15 is 0 Å². The molecule has 0 aromatic rings. The summed E-state index contributed by atoms with van der Waals surface area (Å²) in [5, 5.41) is 0. The SMILES string of the molecule is BSOI. The van der Waals surface area contributed by atoms with Gasteiger partial charge in [0.25, 0.3) is 0 Å². The van der Waals surface area contributed by atoms with E-state index in [2.05, 4.69) is 2.51 Å². The molecular formula is H2BIOS. The summed E-state index contributed by atoms with van der Waals surface area (Å²) >= 11 is 3.16. The van der Waals surface area contributed by atoms with Gasteiger partial charge < -0.3 is 0 Å². The fourth-order valence-corrected chi connectivity index (χ4v) is 0. The Labute approximate surface area is 44.7 Å². The van der Waals surface area contributed by atoms with E-state index in [9.17, 15) is 0 Å². The van der Waals surface area contributed by atoms with Crippen molar-refractivity contribution in [2.45, 2.75) is 0 Å². The molecule has 0 aliphatic carbocycles. The highest BCUT2D eigenvalue weighted by Crippen LogP contribution is 1.97. The molecule has 4 heteroatoms. The third-order valence-corrected chi connectivity index (χ3v) is 1.27. The minimum absolute atomic E-state index is 1.34. The topological polar surface area (TPSA) is 9.23 Å². The molecule has 0 atom stereocenters. The van der Waals surface area contributed by atoms with E-state index < -0.39 is 0 Å². The Balaban J connectivity index is 1.97. The molecule has 0 amide bonds. The molecule has 0 radical (unpaired) electrons. The van der Waals surface area contributed by atoms with E-state index in [1.807, 2.05) is 30.1 Å². The second-order valence-electron chi connectivity index (χ2n) is 0.230. The minimum atomic E-state index is 1.34. The van der Waals surface area contributed by atoms with Crippen LogP contribution in [0.4, 0.5) is 0 Å². The van der Waals surface area contributed by atoms with Crippen LogP contribution in [0.5, 0.6) is 0 Å². The molecule has 0 aromatic heterocycles. The summed E-state index contributed by atoms with van der Waals surface area (Å²) in [6.07, 6.45) is 0. The van der Waals surface area contributed by atoms with E-state index in [1.165, 1.54) is 11.9 Å².